The molecule has 2 rings (SSSR count). The van der Waals surface area contributed by atoms with Gasteiger partial charge in [-0.3, -0.25) is 0 Å². The Balaban J connectivity index is 1.88. The summed E-state index contributed by atoms with van der Waals surface area (Å²) in [6, 6.07) is 4.37. The summed E-state index contributed by atoms with van der Waals surface area (Å²) in [7, 11) is 0. The smallest absolute Gasteiger partial charge is 0.338 e. The number of aromatic hydroxyl groups is 1. The fourth-order valence-electron chi connectivity index (χ4n) is 1.48. The molecule has 86 valence electrons. The van der Waals surface area contributed by atoms with Crippen molar-refractivity contribution in [3.63, 3.8) is 0 Å². The Hall–Kier alpha value is -1.71. The maximum atomic E-state index is 11.5. The minimum absolute atomic E-state index is 0.0864. The van der Waals surface area contributed by atoms with Crippen LogP contribution in [0.15, 0.2) is 18.2 Å². The van der Waals surface area contributed by atoms with E-state index in [0.717, 1.165) is 12.3 Å². The van der Waals surface area contributed by atoms with Crippen molar-refractivity contribution in [3.8, 4) is 5.75 Å². The van der Waals surface area contributed by atoms with Gasteiger partial charge in [0, 0.05) is 0 Å². The lowest BCUT2D eigenvalue weighted by Crippen LogP contribution is -2.07. The topological polar surface area (TPSA) is 72.6 Å². The molecule has 0 amide bonds. The van der Waals surface area contributed by atoms with Gasteiger partial charge in [-0.15, -0.1) is 0 Å². The molecular weight excluding hydrogens is 206 g/mol. The van der Waals surface area contributed by atoms with Gasteiger partial charge in [0.1, 0.15) is 5.75 Å². The van der Waals surface area contributed by atoms with Gasteiger partial charge < -0.3 is 15.6 Å². The SMILES string of the molecule is Nc1ccc(C(=O)OCCC2CC2)cc1O. The Morgan fingerprint density at radius 1 is 1.50 bits per heavy atom. The molecule has 0 atom stereocenters. The molecule has 0 aromatic heterocycles. The zero-order valence-electron chi connectivity index (χ0n) is 8.98. The first-order valence-corrected chi connectivity index (χ1v) is 5.42. The molecule has 0 unspecified atom stereocenters. The molecule has 0 saturated heterocycles. The molecule has 3 N–H and O–H groups in total. The molecule has 4 heteroatoms. The van der Waals surface area contributed by atoms with Crippen molar-refractivity contribution in [1.82, 2.24) is 0 Å². The van der Waals surface area contributed by atoms with Crippen LogP contribution in [0.3, 0.4) is 0 Å². The van der Waals surface area contributed by atoms with E-state index in [2.05, 4.69) is 0 Å². The number of hydrogen-bond acceptors (Lipinski definition) is 4. The van der Waals surface area contributed by atoms with Gasteiger partial charge in [-0.1, -0.05) is 12.8 Å². The summed E-state index contributed by atoms with van der Waals surface area (Å²) in [6.45, 7) is 0.453. The van der Waals surface area contributed by atoms with Crippen molar-refractivity contribution in [2.75, 3.05) is 12.3 Å². The Kier molecular flexibility index (Phi) is 2.99. The second kappa shape index (κ2) is 4.43. The number of esters is 1. The number of carbonyl (C=O) groups excluding carboxylic acids is 1. The van der Waals surface area contributed by atoms with Gasteiger partial charge in [-0.05, 0) is 30.5 Å². The average Bonchev–Trinajstić information content (AvgIpc) is 3.06. The fourth-order valence-corrected chi connectivity index (χ4v) is 1.48. The number of nitrogen functional groups attached to an aromatic ring is 1. The van der Waals surface area contributed by atoms with Crippen LogP contribution in [0.2, 0.25) is 0 Å². The number of anilines is 1. The number of nitrogens with two attached hydrogens (primary N) is 1. The van der Waals surface area contributed by atoms with E-state index in [-0.39, 0.29) is 11.4 Å². The van der Waals surface area contributed by atoms with Crippen LogP contribution in [0.1, 0.15) is 29.6 Å². The van der Waals surface area contributed by atoms with Crippen molar-refractivity contribution < 1.29 is 14.6 Å². The third-order valence-electron chi connectivity index (χ3n) is 2.72. The van der Waals surface area contributed by atoms with Gasteiger partial charge in [-0.2, -0.15) is 0 Å². The third-order valence-corrected chi connectivity index (χ3v) is 2.72. The maximum absolute atomic E-state index is 11.5. The monoisotopic (exact) mass is 221 g/mol. The Labute approximate surface area is 94.0 Å². The highest BCUT2D eigenvalue weighted by Crippen LogP contribution is 2.32. The van der Waals surface area contributed by atoms with Crippen LogP contribution in [0.25, 0.3) is 0 Å². The first-order valence-electron chi connectivity index (χ1n) is 5.42. The summed E-state index contributed by atoms with van der Waals surface area (Å²) in [5, 5.41) is 9.34. The lowest BCUT2D eigenvalue weighted by atomic mass is 10.2. The molecule has 1 aromatic carbocycles. The van der Waals surface area contributed by atoms with Crippen molar-refractivity contribution >= 4 is 11.7 Å². The highest BCUT2D eigenvalue weighted by Gasteiger charge is 2.21. The van der Waals surface area contributed by atoms with E-state index < -0.39 is 5.97 Å². The largest absolute Gasteiger partial charge is 0.506 e. The van der Waals surface area contributed by atoms with Gasteiger partial charge in [0.25, 0.3) is 0 Å². The van der Waals surface area contributed by atoms with E-state index in [1.165, 1.54) is 25.0 Å². The summed E-state index contributed by atoms with van der Waals surface area (Å²) in [6.07, 6.45) is 3.44. The molecule has 0 radical (unpaired) electrons. The maximum Gasteiger partial charge on any atom is 0.338 e. The molecule has 1 saturated carbocycles. The Morgan fingerprint density at radius 3 is 2.88 bits per heavy atom. The minimum Gasteiger partial charge on any atom is -0.506 e. The van der Waals surface area contributed by atoms with Crippen molar-refractivity contribution in [3.05, 3.63) is 23.8 Å². The first-order chi connectivity index (χ1) is 7.66. The normalized spacial score (nSPS) is 14.8. The number of benzene rings is 1. The lowest BCUT2D eigenvalue weighted by Gasteiger charge is -2.05. The third kappa shape index (κ3) is 2.66. The zero-order valence-corrected chi connectivity index (χ0v) is 8.98. The number of rotatable bonds is 4. The zero-order chi connectivity index (χ0) is 11.5. The highest BCUT2D eigenvalue weighted by molar-refractivity contribution is 5.90. The van der Waals surface area contributed by atoms with Crippen molar-refractivity contribution in [2.45, 2.75) is 19.3 Å². The van der Waals surface area contributed by atoms with E-state index in [1.54, 1.807) is 6.07 Å². The molecule has 16 heavy (non-hydrogen) atoms. The van der Waals surface area contributed by atoms with E-state index in [4.69, 9.17) is 10.5 Å². The van der Waals surface area contributed by atoms with E-state index >= 15 is 0 Å². The Morgan fingerprint density at radius 2 is 2.25 bits per heavy atom. The van der Waals surface area contributed by atoms with E-state index in [1.807, 2.05) is 0 Å². The summed E-state index contributed by atoms with van der Waals surface area (Å²) < 4.78 is 5.08. The molecular formula is C12H15NO3. The molecule has 0 spiro atoms. The molecule has 1 fully saturated rings. The van der Waals surface area contributed by atoms with Gasteiger partial charge in [0.15, 0.2) is 0 Å². The molecule has 0 bridgehead atoms. The van der Waals surface area contributed by atoms with E-state index in [0.29, 0.717) is 12.2 Å². The van der Waals surface area contributed by atoms with Gasteiger partial charge in [0.05, 0.1) is 17.9 Å². The standard InChI is InChI=1S/C12H15NO3/c13-10-4-3-9(7-11(10)14)12(15)16-6-5-8-1-2-8/h3-4,7-8,14H,1-2,5-6,13H2. The number of phenols is 1. The predicted octanol–water partition coefficient (Wildman–Crippen LogP) is 1.93. The Bertz CT molecular complexity index is 399. The second-order valence-corrected chi connectivity index (χ2v) is 4.14. The fraction of sp³-hybridized carbons (Fsp3) is 0.417. The number of carbonyl (C=O) groups is 1. The van der Waals surface area contributed by atoms with Crippen LogP contribution in [0, 0.1) is 5.92 Å². The number of hydrogen-bond donors (Lipinski definition) is 2. The second-order valence-electron chi connectivity index (χ2n) is 4.14. The van der Waals surface area contributed by atoms with Crippen molar-refractivity contribution in [1.29, 1.82) is 0 Å². The van der Waals surface area contributed by atoms with Crippen molar-refractivity contribution in [2.24, 2.45) is 5.92 Å². The summed E-state index contributed by atoms with van der Waals surface area (Å²) in [4.78, 5) is 11.5. The van der Waals surface area contributed by atoms with Crippen LogP contribution < -0.4 is 5.73 Å². The molecule has 4 nitrogen and oxygen atoms in total. The first kappa shape index (κ1) is 10.8. The molecule has 0 aliphatic heterocycles. The number of phenolic OH excluding ortho intramolecular Hbond substituents is 1. The van der Waals surface area contributed by atoms with Gasteiger partial charge >= 0.3 is 5.97 Å². The molecule has 1 aliphatic rings. The van der Waals surface area contributed by atoms with Gasteiger partial charge in [0.2, 0.25) is 0 Å². The van der Waals surface area contributed by atoms with E-state index in [9.17, 15) is 9.90 Å². The molecule has 1 aromatic rings. The molecule has 0 heterocycles. The van der Waals surface area contributed by atoms with Gasteiger partial charge in [-0.25, -0.2) is 4.79 Å². The summed E-state index contributed by atoms with van der Waals surface area (Å²) in [5.74, 6) is 0.250. The van der Waals surface area contributed by atoms with Crippen LogP contribution in [-0.4, -0.2) is 17.7 Å². The van der Waals surface area contributed by atoms with Crippen LogP contribution >= 0.6 is 0 Å². The predicted molar refractivity (Wildman–Crippen MR) is 60.1 cm³/mol. The van der Waals surface area contributed by atoms with Crippen LogP contribution in [0.5, 0.6) is 5.75 Å². The molecule has 1 aliphatic carbocycles. The van der Waals surface area contributed by atoms with Crippen LogP contribution in [-0.2, 0) is 4.74 Å². The average molecular weight is 221 g/mol. The van der Waals surface area contributed by atoms with Crippen LogP contribution in [0.4, 0.5) is 5.69 Å². The highest BCUT2D eigenvalue weighted by atomic mass is 16.5. The number of ether oxygens (including phenoxy) is 1. The quantitative estimate of drug-likeness (QED) is 0.463. The lowest BCUT2D eigenvalue weighted by molar-refractivity contribution is 0.0494. The summed E-state index contributed by atoms with van der Waals surface area (Å²) in [5.41, 5.74) is 6.03. The summed E-state index contributed by atoms with van der Waals surface area (Å²) >= 11 is 0. The minimum atomic E-state index is -0.407.